The van der Waals surface area contributed by atoms with Gasteiger partial charge in [-0.1, -0.05) is 127 Å². The molecule has 0 spiro atoms. The van der Waals surface area contributed by atoms with E-state index in [1.807, 2.05) is 0 Å². The van der Waals surface area contributed by atoms with Crippen molar-refractivity contribution in [2.24, 2.45) is 0 Å². The van der Waals surface area contributed by atoms with Crippen LogP contribution >= 0.6 is 0 Å². The van der Waals surface area contributed by atoms with Crippen LogP contribution in [0.2, 0.25) is 0 Å². The van der Waals surface area contributed by atoms with Gasteiger partial charge in [0.25, 0.3) is 0 Å². The molecule has 2 heterocycles. The molecule has 0 aliphatic heterocycles. The van der Waals surface area contributed by atoms with Gasteiger partial charge in [-0.15, -0.1) is 0 Å². The molecule has 0 radical (unpaired) electrons. The summed E-state index contributed by atoms with van der Waals surface area (Å²) >= 11 is 0. The number of nitrogens with zero attached hydrogens (tertiary/aromatic N) is 2. The van der Waals surface area contributed by atoms with Crippen molar-refractivity contribution in [3.63, 3.8) is 0 Å². The van der Waals surface area contributed by atoms with Crippen LogP contribution in [0.5, 0.6) is 0 Å². The Hall–Kier alpha value is -6.38. The molecular weight excluding hydrogens is 581 g/mol. The van der Waals surface area contributed by atoms with Gasteiger partial charge in [0, 0.05) is 33.7 Å². The van der Waals surface area contributed by atoms with E-state index in [0.717, 1.165) is 11.4 Å². The molecule has 0 saturated heterocycles. The van der Waals surface area contributed by atoms with Gasteiger partial charge in [0.05, 0.1) is 16.6 Å². The number of benzene rings is 8. The third kappa shape index (κ3) is 4.06. The van der Waals surface area contributed by atoms with Crippen molar-refractivity contribution in [3.05, 3.63) is 182 Å². The van der Waals surface area contributed by atoms with Crippen molar-refractivity contribution in [1.29, 1.82) is 0 Å². The summed E-state index contributed by atoms with van der Waals surface area (Å²) in [5.41, 5.74) is 10.8. The molecule has 8 aromatic carbocycles. The standard InChI is InChI=1S/C46H30N2/c1-2-11-31(12-3-1)32-21-23-35(24-22-32)47-28-27-42-44(47)26-25-41-40-19-8-9-20-45(40)48(46(41)42)36-15-10-14-33(29-36)43-30-34-13-4-5-16-37(34)38-17-6-7-18-39(38)43/h1-30H. The monoisotopic (exact) mass is 610 g/mol. The highest BCUT2D eigenvalue weighted by atomic mass is 15.0. The quantitative estimate of drug-likeness (QED) is 0.175. The predicted molar refractivity (Wildman–Crippen MR) is 203 cm³/mol. The Bertz CT molecular complexity index is 2820. The van der Waals surface area contributed by atoms with Crippen molar-refractivity contribution in [2.45, 2.75) is 0 Å². The van der Waals surface area contributed by atoms with E-state index in [0.29, 0.717) is 0 Å². The van der Waals surface area contributed by atoms with E-state index >= 15 is 0 Å². The molecule has 2 heteroatoms. The summed E-state index contributed by atoms with van der Waals surface area (Å²) in [5, 5.41) is 8.86. The molecule has 10 rings (SSSR count). The average molecular weight is 611 g/mol. The molecule has 0 bridgehead atoms. The van der Waals surface area contributed by atoms with Gasteiger partial charge in [-0.2, -0.15) is 0 Å². The van der Waals surface area contributed by atoms with E-state index in [4.69, 9.17) is 0 Å². The lowest BCUT2D eigenvalue weighted by Gasteiger charge is -2.14. The molecule has 0 N–H and O–H groups in total. The SMILES string of the molecule is c1ccc(-c2ccc(-n3ccc4c3ccc3c5ccccc5n(-c5cccc(-c6cc7ccccc7c7ccccc67)c5)c34)cc2)cc1. The van der Waals surface area contributed by atoms with Crippen molar-refractivity contribution < 1.29 is 0 Å². The fraction of sp³-hybridized carbons (Fsp3) is 0. The molecule has 0 aliphatic carbocycles. The maximum Gasteiger partial charge on any atom is 0.0635 e. The molecule has 48 heavy (non-hydrogen) atoms. The Kier molecular flexibility index (Phi) is 5.91. The largest absolute Gasteiger partial charge is 0.316 e. The molecule has 0 amide bonds. The van der Waals surface area contributed by atoms with Crippen molar-refractivity contribution >= 4 is 54.3 Å². The first-order valence-corrected chi connectivity index (χ1v) is 16.5. The first kappa shape index (κ1) is 26.8. The Morgan fingerprint density at radius 2 is 1.02 bits per heavy atom. The van der Waals surface area contributed by atoms with E-state index in [2.05, 4.69) is 191 Å². The minimum atomic E-state index is 1.15. The molecule has 0 saturated carbocycles. The summed E-state index contributed by atoms with van der Waals surface area (Å²) in [4.78, 5) is 0. The normalized spacial score (nSPS) is 11.8. The summed E-state index contributed by atoms with van der Waals surface area (Å²) in [7, 11) is 0. The Labute approximate surface area is 278 Å². The molecule has 10 aromatic rings. The number of hydrogen-bond donors (Lipinski definition) is 0. The minimum Gasteiger partial charge on any atom is -0.316 e. The van der Waals surface area contributed by atoms with Crippen LogP contribution in [0.25, 0.3) is 87.9 Å². The second kappa shape index (κ2) is 10.6. The summed E-state index contributed by atoms with van der Waals surface area (Å²) in [6.45, 7) is 0. The first-order chi connectivity index (χ1) is 23.8. The van der Waals surface area contributed by atoms with Crippen molar-refractivity contribution in [2.75, 3.05) is 0 Å². The van der Waals surface area contributed by atoms with Gasteiger partial charge in [0.15, 0.2) is 0 Å². The highest BCUT2D eigenvalue weighted by Crippen LogP contribution is 2.40. The predicted octanol–water partition coefficient (Wildman–Crippen LogP) is 12.4. The maximum absolute atomic E-state index is 2.46. The van der Waals surface area contributed by atoms with E-state index in [-0.39, 0.29) is 0 Å². The molecule has 224 valence electrons. The summed E-state index contributed by atoms with van der Waals surface area (Å²) in [6, 6.07) is 64.0. The van der Waals surface area contributed by atoms with Gasteiger partial charge in [0.1, 0.15) is 0 Å². The topological polar surface area (TPSA) is 9.86 Å². The fourth-order valence-corrected chi connectivity index (χ4v) is 7.72. The molecule has 0 aliphatic rings. The number of aromatic nitrogens is 2. The molecule has 2 nitrogen and oxygen atoms in total. The molecule has 2 aromatic heterocycles. The number of rotatable bonds is 4. The zero-order valence-corrected chi connectivity index (χ0v) is 26.2. The van der Waals surface area contributed by atoms with Crippen LogP contribution in [0.15, 0.2) is 182 Å². The Morgan fingerprint density at radius 1 is 0.333 bits per heavy atom. The van der Waals surface area contributed by atoms with Gasteiger partial charge >= 0.3 is 0 Å². The molecular formula is C46H30N2. The highest BCUT2D eigenvalue weighted by molar-refractivity contribution is 6.19. The highest BCUT2D eigenvalue weighted by Gasteiger charge is 2.18. The summed E-state index contributed by atoms with van der Waals surface area (Å²) < 4.78 is 4.77. The van der Waals surface area contributed by atoms with Crippen LogP contribution in [-0.2, 0) is 0 Å². The van der Waals surface area contributed by atoms with Crippen LogP contribution < -0.4 is 0 Å². The maximum atomic E-state index is 2.46. The summed E-state index contributed by atoms with van der Waals surface area (Å²) in [5.74, 6) is 0. The van der Waals surface area contributed by atoms with E-state index in [1.54, 1.807) is 0 Å². The first-order valence-electron chi connectivity index (χ1n) is 16.5. The zero-order valence-electron chi connectivity index (χ0n) is 26.2. The minimum absolute atomic E-state index is 1.15. The van der Waals surface area contributed by atoms with Gasteiger partial charge in [0.2, 0.25) is 0 Å². The van der Waals surface area contributed by atoms with Gasteiger partial charge in [-0.25, -0.2) is 0 Å². The average Bonchev–Trinajstić information content (AvgIpc) is 3.75. The van der Waals surface area contributed by atoms with Gasteiger partial charge in [-0.3, -0.25) is 0 Å². The van der Waals surface area contributed by atoms with Crippen LogP contribution in [0.1, 0.15) is 0 Å². The second-order valence-electron chi connectivity index (χ2n) is 12.6. The zero-order chi connectivity index (χ0) is 31.6. The van der Waals surface area contributed by atoms with Crippen molar-refractivity contribution in [3.8, 4) is 33.6 Å². The third-order valence-corrected chi connectivity index (χ3v) is 9.94. The van der Waals surface area contributed by atoms with Crippen LogP contribution in [-0.4, -0.2) is 9.13 Å². The van der Waals surface area contributed by atoms with Crippen molar-refractivity contribution in [1.82, 2.24) is 9.13 Å². The van der Waals surface area contributed by atoms with Crippen LogP contribution in [0.3, 0.4) is 0 Å². The van der Waals surface area contributed by atoms with E-state index in [1.165, 1.54) is 76.5 Å². The molecule has 0 atom stereocenters. The van der Waals surface area contributed by atoms with Crippen LogP contribution in [0, 0.1) is 0 Å². The number of para-hydroxylation sites is 1. The van der Waals surface area contributed by atoms with Gasteiger partial charge < -0.3 is 9.13 Å². The van der Waals surface area contributed by atoms with Gasteiger partial charge in [-0.05, 0) is 92.3 Å². The second-order valence-corrected chi connectivity index (χ2v) is 12.6. The smallest absolute Gasteiger partial charge is 0.0635 e. The molecule has 0 fully saturated rings. The number of fused-ring (bicyclic) bond motifs is 8. The van der Waals surface area contributed by atoms with E-state index < -0.39 is 0 Å². The Morgan fingerprint density at radius 3 is 1.88 bits per heavy atom. The number of hydrogen-bond acceptors (Lipinski definition) is 0. The lowest BCUT2D eigenvalue weighted by molar-refractivity contribution is 1.13. The molecule has 0 unspecified atom stereocenters. The summed E-state index contributed by atoms with van der Waals surface area (Å²) in [6.07, 6.45) is 2.21. The van der Waals surface area contributed by atoms with Crippen LogP contribution in [0.4, 0.5) is 0 Å². The lowest BCUT2D eigenvalue weighted by Crippen LogP contribution is -1.96. The fourth-order valence-electron chi connectivity index (χ4n) is 7.72. The lowest BCUT2D eigenvalue weighted by atomic mass is 9.93. The van der Waals surface area contributed by atoms with E-state index in [9.17, 15) is 0 Å². The third-order valence-electron chi connectivity index (χ3n) is 9.94. The Balaban J connectivity index is 1.18.